The van der Waals surface area contributed by atoms with Crippen LogP contribution in [0.1, 0.15) is 40.3 Å². The third-order valence-corrected chi connectivity index (χ3v) is 4.61. The zero-order valence-corrected chi connectivity index (χ0v) is 13.6. The van der Waals surface area contributed by atoms with Gasteiger partial charge in [-0.25, -0.2) is 4.98 Å². The predicted octanol–water partition coefficient (Wildman–Crippen LogP) is 2.77. The first-order valence-corrected chi connectivity index (χ1v) is 7.95. The highest BCUT2D eigenvalue weighted by molar-refractivity contribution is 5.91. The van der Waals surface area contributed by atoms with Gasteiger partial charge in [-0.1, -0.05) is 24.3 Å². The van der Waals surface area contributed by atoms with Crippen molar-refractivity contribution in [2.24, 2.45) is 0 Å². The molecule has 1 aromatic carbocycles. The molecule has 1 aromatic heterocycles. The molecule has 0 spiro atoms. The molecule has 1 N–H and O–H groups in total. The minimum absolute atomic E-state index is 0.0853. The molecule has 0 aliphatic carbocycles. The molecular formula is C18H22N2O3. The van der Waals surface area contributed by atoms with E-state index in [-0.39, 0.29) is 11.3 Å². The Hall–Kier alpha value is -2.14. The molecule has 5 heteroatoms. The highest BCUT2D eigenvalue weighted by Gasteiger charge is 2.36. The van der Waals surface area contributed by atoms with Crippen LogP contribution in [-0.2, 0) is 10.2 Å². The standard InChI is InChI=1S/C18H22N2O3/c1-13-5-3-4-6-15(13)18(7-9-22-10-8-18)12-19-17(21)16-11-23-14(2)20-16/h3-6,11H,7-10,12H2,1-2H3,(H,19,21). The second kappa shape index (κ2) is 6.54. The van der Waals surface area contributed by atoms with E-state index in [1.807, 2.05) is 6.07 Å². The summed E-state index contributed by atoms with van der Waals surface area (Å²) in [4.78, 5) is 16.4. The van der Waals surface area contributed by atoms with E-state index in [9.17, 15) is 4.79 Å². The molecule has 0 atom stereocenters. The van der Waals surface area contributed by atoms with Crippen LogP contribution in [0.3, 0.4) is 0 Å². The van der Waals surface area contributed by atoms with Gasteiger partial charge in [0.1, 0.15) is 6.26 Å². The van der Waals surface area contributed by atoms with E-state index in [4.69, 9.17) is 9.15 Å². The summed E-state index contributed by atoms with van der Waals surface area (Å²) in [6, 6.07) is 8.38. The number of hydrogen-bond donors (Lipinski definition) is 1. The summed E-state index contributed by atoms with van der Waals surface area (Å²) in [5, 5.41) is 3.03. The Labute approximate surface area is 136 Å². The summed E-state index contributed by atoms with van der Waals surface area (Å²) < 4.78 is 10.7. The van der Waals surface area contributed by atoms with Gasteiger partial charge >= 0.3 is 0 Å². The third kappa shape index (κ3) is 3.29. The van der Waals surface area contributed by atoms with Crippen molar-refractivity contribution in [3.8, 4) is 0 Å². The van der Waals surface area contributed by atoms with Gasteiger partial charge in [0.15, 0.2) is 11.6 Å². The van der Waals surface area contributed by atoms with E-state index in [1.165, 1.54) is 17.4 Å². The highest BCUT2D eigenvalue weighted by atomic mass is 16.5. The number of carbonyl (C=O) groups is 1. The number of carbonyl (C=O) groups excluding carboxylic acids is 1. The Balaban J connectivity index is 1.80. The smallest absolute Gasteiger partial charge is 0.273 e. The number of benzene rings is 1. The van der Waals surface area contributed by atoms with Crippen LogP contribution in [0.5, 0.6) is 0 Å². The van der Waals surface area contributed by atoms with Crippen molar-refractivity contribution in [2.45, 2.75) is 32.1 Å². The van der Waals surface area contributed by atoms with Crippen LogP contribution in [0.2, 0.25) is 0 Å². The summed E-state index contributed by atoms with van der Waals surface area (Å²) in [6.07, 6.45) is 3.20. The third-order valence-electron chi connectivity index (χ3n) is 4.61. The van der Waals surface area contributed by atoms with E-state index in [0.29, 0.717) is 31.3 Å². The Kier molecular flexibility index (Phi) is 4.48. The van der Waals surface area contributed by atoms with Crippen molar-refractivity contribution >= 4 is 5.91 Å². The van der Waals surface area contributed by atoms with E-state index in [0.717, 1.165) is 12.8 Å². The van der Waals surface area contributed by atoms with Gasteiger partial charge in [-0.2, -0.15) is 0 Å². The number of nitrogens with zero attached hydrogens (tertiary/aromatic N) is 1. The quantitative estimate of drug-likeness (QED) is 0.942. The number of oxazole rings is 1. The molecule has 1 aliphatic rings. The van der Waals surface area contributed by atoms with Gasteiger partial charge in [0.25, 0.3) is 5.91 Å². The molecule has 1 fully saturated rings. The largest absolute Gasteiger partial charge is 0.448 e. The van der Waals surface area contributed by atoms with Crippen LogP contribution in [0.15, 0.2) is 34.9 Å². The summed E-state index contributed by atoms with van der Waals surface area (Å²) in [5.74, 6) is 0.302. The molecule has 2 aromatic rings. The zero-order valence-electron chi connectivity index (χ0n) is 13.6. The fourth-order valence-electron chi connectivity index (χ4n) is 3.28. The van der Waals surface area contributed by atoms with Gasteiger partial charge < -0.3 is 14.5 Å². The van der Waals surface area contributed by atoms with E-state index in [1.54, 1.807) is 6.92 Å². The summed E-state index contributed by atoms with van der Waals surface area (Å²) >= 11 is 0. The average molecular weight is 314 g/mol. The molecule has 0 saturated carbocycles. The minimum Gasteiger partial charge on any atom is -0.448 e. The molecule has 23 heavy (non-hydrogen) atoms. The number of hydrogen-bond acceptors (Lipinski definition) is 4. The maximum absolute atomic E-state index is 12.3. The molecule has 0 radical (unpaired) electrons. The average Bonchev–Trinajstić information content (AvgIpc) is 3.00. The maximum atomic E-state index is 12.3. The topological polar surface area (TPSA) is 64.4 Å². The monoisotopic (exact) mass is 314 g/mol. The first-order valence-electron chi connectivity index (χ1n) is 7.95. The molecular weight excluding hydrogens is 292 g/mol. The fourth-order valence-corrected chi connectivity index (χ4v) is 3.28. The molecule has 1 amide bonds. The van der Waals surface area contributed by atoms with Crippen molar-refractivity contribution in [3.63, 3.8) is 0 Å². The first-order chi connectivity index (χ1) is 11.1. The molecule has 122 valence electrons. The van der Waals surface area contributed by atoms with Crippen LogP contribution in [0, 0.1) is 13.8 Å². The van der Waals surface area contributed by atoms with Gasteiger partial charge in [0.05, 0.1) is 0 Å². The molecule has 3 rings (SSSR count). The fraction of sp³-hybridized carbons (Fsp3) is 0.444. The summed E-state index contributed by atoms with van der Waals surface area (Å²) in [5.41, 5.74) is 2.79. The Morgan fingerprint density at radius 2 is 2.00 bits per heavy atom. The second-order valence-corrected chi connectivity index (χ2v) is 6.14. The number of amides is 1. The van der Waals surface area contributed by atoms with Crippen molar-refractivity contribution < 1.29 is 13.9 Å². The van der Waals surface area contributed by atoms with Crippen molar-refractivity contribution in [3.05, 3.63) is 53.2 Å². The highest BCUT2D eigenvalue weighted by Crippen LogP contribution is 2.36. The van der Waals surface area contributed by atoms with E-state index in [2.05, 4.69) is 35.4 Å². The van der Waals surface area contributed by atoms with Crippen LogP contribution in [0.25, 0.3) is 0 Å². The predicted molar refractivity (Wildman–Crippen MR) is 86.5 cm³/mol. The molecule has 0 unspecified atom stereocenters. The maximum Gasteiger partial charge on any atom is 0.273 e. The van der Waals surface area contributed by atoms with Crippen LogP contribution < -0.4 is 5.32 Å². The second-order valence-electron chi connectivity index (χ2n) is 6.14. The Morgan fingerprint density at radius 1 is 1.26 bits per heavy atom. The zero-order chi connectivity index (χ0) is 16.3. The lowest BCUT2D eigenvalue weighted by Gasteiger charge is -2.38. The van der Waals surface area contributed by atoms with Crippen molar-refractivity contribution in [1.29, 1.82) is 0 Å². The van der Waals surface area contributed by atoms with Gasteiger partial charge in [-0.15, -0.1) is 0 Å². The van der Waals surface area contributed by atoms with Crippen molar-refractivity contribution in [1.82, 2.24) is 10.3 Å². The lowest BCUT2D eigenvalue weighted by molar-refractivity contribution is 0.0484. The molecule has 0 bridgehead atoms. The van der Waals surface area contributed by atoms with E-state index >= 15 is 0 Å². The van der Waals surface area contributed by atoms with Crippen LogP contribution >= 0.6 is 0 Å². The first kappa shape index (κ1) is 15.7. The van der Waals surface area contributed by atoms with Gasteiger partial charge in [-0.3, -0.25) is 4.79 Å². The molecule has 1 aliphatic heterocycles. The number of nitrogens with one attached hydrogen (secondary N) is 1. The number of rotatable bonds is 4. The van der Waals surface area contributed by atoms with Gasteiger partial charge in [0.2, 0.25) is 0 Å². The molecule has 2 heterocycles. The normalized spacial score (nSPS) is 17.0. The summed E-state index contributed by atoms with van der Waals surface area (Å²) in [6.45, 7) is 5.85. The van der Waals surface area contributed by atoms with Crippen LogP contribution in [0.4, 0.5) is 0 Å². The lowest BCUT2D eigenvalue weighted by atomic mass is 9.72. The lowest BCUT2D eigenvalue weighted by Crippen LogP contribution is -2.45. The Bertz CT molecular complexity index is 687. The Morgan fingerprint density at radius 3 is 2.65 bits per heavy atom. The SMILES string of the molecule is Cc1nc(C(=O)NCC2(c3ccccc3C)CCOCC2)co1. The van der Waals surface area contributed by atoms with Crippen molar-refractivity contribution in [2.75, 3.05) is 19.8 Å². The minimum atomic E-state index is -0.193. The number of aromatic nitrogens is 1. The number of ether oxygens (including phenoxy) is 1. The molecule has 1 saturated heterocycles. The van der Waals surface area contributed by atoms with Gasteiger partial charge in [0, 0.05) is 32.1 Å². The van der Waals surface area contributed by atoms with Gasteiger partial charge in [-0.05, 0) is 30.9 Å². The molecule has 5 nitrogen and oxygen atoms in total. The van der Waals surface area contributed by atoms with E-state index < -0.39 is 0 Å². The summed E-state index contributed by atoms with van der Waals surface area (Å²) in [7, 11) is 0. The number of aryl methyl sites for hydroxylation is 2. The van der Waals surface area contributed by atoms with Crippen LogP contribution in [-0.4, -0.2) is 30.6 Å².